The van der Waals surface area contributed by atoms with Crippen LogP contribution in [0.25, 0.3) is 0 Å². The highest BCUT2D eigenvalue weighted by Gasteiger charge is 2.18. The number of nitrogens with one attached hydrogen (secondary N) is 3. The van der Waals surface area contributed by atoms with Gasteiger partial charge >= 0.3 is 6.03 Å². The SMILES string of the molecule is CNC(=O)c1cc(Oc2ccc(NC(=O)NS(=O)(=O)c3ccccc3)cc2F)ccn1. The standard InChI is InChI=1S/C20H17FN4O5S/c1-22-19(26)17-12-14(9-10-23-17)30-18-8-7-13(11-16(18)21)24-20(27)25-31(28,29)15-5-3-2-4-6-15/h2-12H,1H3,(H,22,26)(H2,24,25,27). The van der Waals surface area contributed by atoms with E-state index in [1.165, 1.54) is 61.8 Å². The van der Waals surface area contributed by atoms with E-state index >= 15 is 0 Å². The Bertz CT molecular complexity index is 1220. The minimum atomic E-state index is -4.07. The van der Waals surface area contributed by atoms with Crippen molar-refractivity contribution in [1.82, 2.24) is 15.0 Å². The molecule has 160 valence electrons. The summed E-state index contributed by atoms with van der Waals surface area (Å²) in [6.45, 7) is 0. The van der Waals surface area contributed by atoms with Gasteiger partial charge in [-0.2, -0.15) is 0 Å². The molecule has 0 atom stereocenters. The zero-order valence-corrected chi connectivity index (χ0v) is 16.9. The van der Waals surface area contributed by atoms with Crippen molar-refractivity contribution >= 4 is 27.6 Å². The number of halogens is 1. The van der Waals surface area contributed by atoms with Crippen LogP contribution in [-0.4, -0.2) is 32.4 Å². The van der Waals surface area contributed by atoms with Gasteiger partial charge in [0.05, 0.1) is 4.90 Å². The van der Waals surface area contributed by atoms with Crippen molar-refractivity contribution in [2.75, 3.05) is 12.4 Å². The number of urea groups is 1. The average Bonchev–Trinajstić information content (AvgIpc) is 2.75. The Kier molecular flexibility index (Phi) is 6.46. The molecule has 3 rings (SSSR count). The summed E-state index contributed by atoms with van der Waals surface area (Å²) < 4.78 is 46.0. The van der Waals surface area contributed by atoms with Gasteiger partial charge in [-0.3, -0.25) is 9.78 Å². The Morgan fingerprint density at radius 1 is 1.03 bits per heavy atom. The minimum Gasteiger partial charge on any atom is -0.454 e. The van der Waals surface area contributed by atoms with E-state index in [0.29, 0.717) is 0 Å². The van der Waals surface area contributed by atoms with E-state index < -0.39 is 27.8 Å². The zero-order valence-electron chi connectivity index (χ0n) is 16.1. The van der Waals surface area contributed by atoms with Gasteiger partial charge in [0.2, 0.25) is 0 Å². The number of sulfonamides is 1. The largest absolute Gasteiger partial charge is 0.454 e. The molecule has 3 N–H and O–H groups in total. The smallest absolute Gasteiger partial charge is 0.333 e. The number of rotatable bonds is 6. The van der Waals surface area contributed by atoms with E-state index in [4.69, 9.17) is 4.74 Å². The lowest BCUT2D eigenvalue weighted by molar-refractivity contribution is 0.0957. The first-order valence-electron chi connectivity index (χ1n) is 8.83. The van der Waals surface area contributed by atoms with Gasteiger partial charge in [0.15, 0.2) is 11.6 Å². The molecule has 0 radical (unpaired) electrons. The second kappa shape index (κ2) is 9.22. The van der Waals surface area contributed by atoms with E-state index in [-0.39, 0.29) is 27.8 Å². The molecule has 1 heterocycles. The molecule has 3 aromatic rings. The van der Waals surface area contributed by atoms with Crippen LogP contribution < -0.4 is 20.1 Å². The van der Waals surface area contributed by atoms with E-state index in [1.807, 2.05) is 4.72 Å². The Hall–Kier alpha value is -3.99. The van der Waals surface area contributed by atoms with Crippen molar-refractivity contribution in [2.24, 2.45) is 0 Å². The molecule has 0 bridgehead atoms. The van der Waals surface area contributed by atoms with E-state index in [1.54, 1.807) is 6.07 Å². The Labute approximate surface area is 177 Å². The molecule has 0 aliphatic rings. The summed E-state index contributed by atoms with van der Waals surface area (Å²) in [7, 11) is -2.62. The monoisotopic (exact) mass is 444 g/mol. The summed E-state index contributed by atoms with van der Waals surface area (Å²) in [4.78, 5) is 27.4. The highest BCUT2D eigenvalue weighted by atomic mass is 32.2. The fourth-order valence-corrected chi connectivity index (χ4v) is 3.38. The summed E-state index contributed by atoms with van der Waals surface area (Å²) in [5, 5.41) is 4.66. The Morgan fingerprint density at radius 2 is 1.77 bits per heavy atom. The maximum atomic E-state index is 14.4. The molecule has 0 fully saturated rings. The van der Waals surface area contributed by atoms with Crippen LogP contribution >= 0.6 is 0 Å². The number of hydrogen-bond acceptors (Lipinski definition) is 6. The van der Waals surface area contributed by atoms with Gasteiger partial charge in [-0.25, -0.2) is 22.3 Å². The normalized spacial score (nSPS) is 10.8. The summed E-state index contributed by atoms with van der Waals surface area (Å²) in [5.74, 6) is -1.24. The van der Waals surface area contributed by atoms with Gasteiger partial charge in [-0.15, -0.1) is 0 Å². The molecule has 2 aromatic carbocycles. The van der Waals surface area contributed by atoms with Crippen molar-refractivity contribution in [3.05, 3.63) is 78.4 Å². The third kappa shape index (κ3) is 5.54. The predicted octanol–water partition coefficient (Wildman–Crippen LogP) is 2.88. The van der Waals surface area contributed by atoms with Crippen LogP contribution in [0, 0.1) is 5.82 Å². The molecule has 0 aliphatic carbocycles. The van der Waals surface area contributed by atoms with Gasteiger partial charge in [0, 0.05) is 31.1 Å². The second-order valence-corrected chi connectivity index (χ2v) is 7.76. The lowest BCUT2D eigenvalue weighted by atomic mass is 10.3. The second-order valence-electron chi connectivity index (χ2n) is 6.08. The van der Waals surface area contributed by atoms with E-state index in [0.717, 1.165) is 6.07 Å². The number of aromatic nitrogens is 1. The summed E-state index contributed by atoms with van der Waals surface area (Å²) in [6, 6.07) is 12.6. The van der Waals surface area contributed by atoms with Crippen LogP contribution in [0.5, 0.6) is 11.5 Å². The van der Waals surface area contributed by atoms with E-state index in [2.05, 4.69) is 15.6 Å². The number of ether oxygens (including phenoxy) is 1. The van der Waals surface area contributed by atoms with Crippen molar-refractivity contribution in [2.45, 2.75) is 4.90 Å². The molecule has 0 saturated carbocycles. The van der Waals surface area contributed by atoms with Crippen LogP contribution in [0.15, 0.2) is 71.8 Å². The molecular weight excluding hydrogens is 427 g/mol. The molecule has 1 aromatic heterocycles. The number of carbonyl (C=O) groups is 2. The molecule has 11 heteroatoms. The number of benzene rings is 2. The maximum Gasteiger partial charge on any atom is 0.333 e. The molecule has 0 unspecified atom stereocenters. The molecule has 0 spiro atoms. The molecule has 3 amide bonds. The van der Waals surface area contributed by atoms with E-state index in [9.17, 15) is 22.4 Å². The highest BCUT2D eigenvalue weighted by Crippen LogP contribution is 2.27. The van der Waals surface area contributed by atoms with Gasteiger partial charge in [-0.05, 0) is 30.3 Å². The van der Waals surface area contributed by atoms with Crippen molar-refractivity contribution in [3.63, 3.8) is 0 Å². The third-order valence-corrected chi connectivity index (χ3v) is 5.24. The predicted molar refractivity (Wildman–Crippen MR) is 110 cm³/mol. The zero-order chi connectivity index (χ0) is 22.4. The average molecular weight is 444 g/mol. The van der Waals surface area contributed by atoms with Gasteiger partial charge in [-0.1, -0.05) is 18.2 Å². The molecule has 0 aliphatic heterocycles. The lowest BCUT2D eigenvalue weighted by Crippen LogP contribution is -2.34. The number of pyridine rings is 1. The Morgan fingerprint density at radius 3 is 2.45 bits per heavy atom. The first-order chi connectivity index (χ1) is 14.8. The topological polar surface area (TPSA) is 126 Å². The summed E-state index contributed by atoms with van der Waals surface area (Å²) in [5.41, 5.74) is 0.0985. The van der Waals surface area contributed by atoms with Crippen molar-refractivity contribution in [1.29, 1.82) is 0 Å². The highest BCUT2D eigenvalue weighted by molar-refractivity contribution is 7.90. The molecule has 9 nitrogen and oxygen atoms in total. The number of hydrogen-bond donors (Lipinski definition) is 3. The maximum absolute atomic E-state index is 14.4. The number of nitrogens with zero attached hydrogens (tertiary/aromatic N) is 1. The van der Waals surface area contributed by atoms with Gasteiger partial charge in [0.25, 0.3) is 15.9 Å². The quantitative estimate of drug-likeness (QED) is 0.537. The van der Waals surface area contributed by atoms with Crippen molar-refractivity contribution < 1.29 is 27.1 Å². The first kappa shape index (κ1) is 21.7. The minimum absolute atomic E-state index is 0.00592. The number of amides is 3. The van der Waals surface area contributed by atoms with Crippen LogP contribution in [0.1, 0.15) is 10.5 Å². The Balaban J connectivity index is 1.68. The number of anilines is 1. The van der Waals surface area contributed by atoms with Crippen molar-refractivity contribution in [3.8, 4) is 11.5 Å². The van der Waals surface area contributed by atoms with Gasteiger partial charge in [0.1, 0.15) is 11.4 Å². The lowest BCUT2D eigenvalue weighted by Gasteiger charge is -2.11. The number of carbonyl (C=O) groups excluding carboxylic acids is 2. The molecule has 31 heavy (non-hydrogen) atoms. The summed E-state index contributed by atoms with van der Waals surface area (Å²) >= 11 is 0. The fraction of sp³-hybridized carbons (Fsp3) is 0.0500. The molecule has 0 saturated heterocycles. The van der Waals surface area contributed by atoms with Crippen LogP contribution in [0.2, 0.25) is 0 Å². The fourth-order valence-electron chi connectivity index (χ4n) is 2.45. The molecular formula is C20H17FN4O5S. The third-order valence-electron chi connectivity index (χ3n) is 3.89. The first-order valence-corrected chi connectivity index (χ1v) is 10.3. The summed E-state index contributed by atoms with van der Waals surface area (Å²) in [6.07, 6.45) is 1.34. The van der Waals surface area contributed by atoms with Gasteiger partial charge < -0.3 is 15.4 Å². The van der Waals surface area contributed by atoms with Crippen LogP contribution in [0.4, 0.5) is 14.9 Å². The van der Waals surface area contributed by atoms with Crippen LogP contribution in [0.3, 0.4) is 0 Å². The van der Waals surface area contributed by atoms with Crippen LogP contribution in [-0.2, 0) is 10.0 Å².